The number of nitrogens with zero attached hydrogens (tertiary/aromatic N) is 1. The first-order valence-electron chi connectivity index (χ1n) is 6.64. The molecular weight excluding hydrogens is 184 g/mol. The van der Waals surface area contributed by atoms with Crippen LogP contribution in [0.2, 0.25) is 0 Å². The third kappa shape index (κ3) is 4.52. The van der Waals surface area contributed by atoms with Gasteiger partial charge in [0.15, 0.2) is 0 Å². The van der Waals surface area contributed by atoms with Gasteiger partial charge in [-0.3, -0.25) is 0 Å². The number of hydrogen-bond donors (Lipinski definition) is 1. The molecule has 0 spiro atoms. The normalized spacial score (nSPS) is 22.8. The van der Waals surface area contributed by atoms with E-state index >= 15 is 0 Å². The quantitative estimate of drug-likeness (QED) is 0.652. The van der Waals surface area contributed by atoms with Crippen LogP contribution in [0.3, 0.4) is 0 Å². The van der Waals surface area contributed by atoms with Crippen molar-refractivity contribution in [2.45, 2.75) is 52.0 Å². The molecule has 1 aliphatic rings. The van der Waals surface area contributed by atoms with E-state index in [2.05, 4.69) is 24.1 Å². The number of hydrogen-bond acceptors (Lipinski definition) is 2. The summed E-state index contributed by atoms with van der Waals surface area (Å²) < 4.78 is 0. The summed E-state index contributed by atoms with van der Waals surface area (Å²) in [6, 6.07) is 0.870. The van der Waals surface area contributed by atoms with Crippen molar-refractivity contribution in [3.05, 3.63) is 0 Å². The molecule has 1 atom stereocenters. The van der Waals surface area contributed by atoms with Gasteiger partial charge in [0, 0.05) is 6.04 Å². The fourth-order valence-corrected chi connectivity index (χ4v) is 2.68. The molecule has 1 aliphatic heterocycles. The smallest absolute Gasteiger partial charge is 0.0119 e. The first kappa shape index (κ1) is 13.0. The summed E-state index contributed by atoms with van der Waals surface area (Å²) in [5.74, 6) is 0.838. The van der Waals surface area contributed by atoms with Crippen molar-refractivity contribution in [1.82, 2.24) is 10.2 Å². The molecule has 15 heavy (non-hydrogen) atoms. The fraction of sp³-hybridized carbons (Fsp3) is 1.00. The van der Waals surface area contributed by atoms with E-state index in [0.717, 1.165) is 12.0 Å². The lowest BCUT2D eigenvalue weighted by Gasteiger charge is -2.27. The SMILES string of the molecule is CNCCCCCN1CCCC1C(C)C. The number of nitrogens with one attached hydrogen (secondary N) is 1. The topological polar surface area (TPSA) is 15.3 Å². The summed E-state index contributed by atoms with van der Waals surface area (Å²) in [6.07, 6.45) is 6.93. The predicted octanol–water partition coefficient (Wildman–Crippen LogP) is 2.50. The molecule has 1 rings (SSSR count). The number of likely N-dealkylation sites (tertiary alicyclic amines) is 1. The molecule has 1 saturated heterocycles. The van der Waals surface area contributed by atoms with E-state index in [1.165, 1.54) is 51.7 Å². The van der Waals surface area contributed by atoms with Gasteiger partial charge in [-0.1, -0.05) is 20.3 Å². The zero-order valence-electron chi connectivity index (χ0n) is 10.8. The van der Waals surface area contributed by atoms with Gasteiger partial charge in [-0.25, -0.2) is 0 Å². The van der Waals surface area contributed by atoms with Gasteiger partial charge in [-0.15, -0.1) is 0 Å². The van der Waals surface area contributed by atoms with E-state index in [1.807, 2.05) is 7.05 Å². The summed E-state index contributed by atoms with van der Waals surface area (Å²) in [5.41, 5.74) is 0. The Morgan fingerprint density at radius 3 is 2.73 bits per heavy atom. The van der Waals surface area contributed by atoms with Gasteiger partial charge in [-0.2, -0.15) is 0 Å². The van der Waals surface area contributed by atoms with E-state index in [9.17, 15) is 0 Å². The van der Waals surface area contributed by atoms with Crippen molar-refractivity contribution in [3.63, 3.8) is 0 Å². The molecule has 0 aliphatic carbocycles. The molecule has 0 aromatic rings. The molecular formula is C13H28N2. The second kappa shape index (κ2) is 7.24. The van der Waals surface area contributed by atoms with Crippen LogP contribution in [0.15, 0.2) is 0 Å². The summed E-state index contributed by atoms with van der Waals surface area (Å²) >= 11 is 0. The molecule has 90 valence electrons. The van der Waals surface area contributed by atoms with Crippen LogP contribution in [0.5, 0.6) is 0 Å². The maximum Gasteiger partial charge on any atom is 0.0119 e. The summed E-state index contributed by atoms with van der Waals surface area (Å²) in [6.45, 7) is 8.57. The molecule has 2 nitrogen and oxygen atoms in total. The highest BCUT2D eigenvalue weighted by Crippen LogP contribution is 2.23. The zero-order valence-corrected chi connectivity index (χ0v) is 10.8. The van der Waals surface area contributed by atoms with Gasteiger partial charge in [0.25, 0.3) is 0 Å². The molecule has 0 aromatic carbocycles. The molecule has 1 fully saturated rings. The van der Waals surface area contributed by atoms with Crippen LogP contribution in [0.1, 0.15) is 46.0 Å². The van der Waals surface area contributed by atoms with Gasteiger partial charge in [-0.05, 0) is 58.3 Å². The lowest BCUT2D eigenvalue weighted by Crippen LogP contribution is -2.34. The maximum absolute atomic E-state index is 3.21. The second-order valence-corrected chi connectivity index (χ2v) is 5.15. The largest absolute Gasteiger partial charge is 0.320 e. The lowest BCUT2D eigenvalue weighted by molar-refractivity contribution is 0.203. The standard InChI is InChI=1S/C13H28N2/c1-12(2)13-8-7-11-15(13)10-6-4-5-9-14-3/h12-14H,4-11H2,1-3H3. The second-order valence-electron chi connectivity index (χ2n) is 5.15. The van der Waals surface area contributed by atoms with E-state index in [0.29, 0.717) is 0 Å². The Hall–Kier alpha value is -0.0800. The highest BCUT2D eigenvalue weighted by Gasteiger charge is 2.25. The van der Waals surface area contributed by atoms with Crippen molar-refractivity contribution < 1.29 is 0 Å². The van der Waals surface area contributed by atoms with Crippen LogP contribution in [0.25, 0.3) is 0 Å². The van der Waals surface area contributed by atoms with Crippen LogP contribution < -0.4 is 5.32 Å². The van der Waals surface area contributed by atoms with Crippen molar-refractivity contribution in [1.29, 1.82) is 0 Å². The minimum atomic E-state index is 0.838. The van der Waals surface area contributed by atoms with Crippen molar-refractivity contribution in [2.24, 2.45) is 5.92 Å². The minimum absolute atomic E-state index is 0.838. The van der Waals surface area contributed by atoms with E-state index < -0.39 is 0 Å². The van der Waals surface area contributed by atoms with Crippen molar-refractivity contribution >= 4 is 0 Å². The predicted molar refractivity (Wildman–Crippen MR) is 67.2 cm³/mol. The zero-order chi connectivity index (χ0) is 11.1. The summed E-state index contributed by atoms with van der Waals surface area (Å²) in [5, 5.41) is 3.21. The third-order valence-electron chi connectivity index (χ3n) is 3.56. The average molecular weight is 212 g/mol. The molecule has 1 heterocycles. The van der Waals surface area contributed by atoms with Gasteiger partial charge < -0.3 is 10.2 Å². The first-order chi connectivity index (χ1) is 7.25. The first-order valence-corrected chi connectivity index (χ1v) is 6.64. The Morgan fingerprint density at radius 1 is 1.27 bits per heavy atom. The molecule has 0 bridgehead atoms. The average Bonchev–Trinajstić information content (AvgIpc) is 2.66. The fourth-order valence-electron chi connectivity index (χ4n) is 2.68. The van der Waals surface area contributed by atoms with Gasteiger partial charge >= 0.3 is 0 Å². The highest BCUT2D eigenvalue weighted by atomic mass is 15.2. The lowest BCUT2D eigenvalue weighted by atomic mass is 10.0. The van der Waals surface area contributed by atoms with Crippen LogP contribution in [0, 0.1) is 5.92 Å². The van der Waals surface area contributed by atoms with Crippen LogP contribution >= 0.6 is 0 Å². The Balaban J connectivity index is 2.09. The van der Waals surface area contributed by atoms with Crippen molar-refractivity contribution in [2.75, 3.05) is 26.7 Å². The van der Waals surface area contributed by atoms with E-state index in [4.69, 9.17) is 0 Å². The molecule has 0 saturated carbocycles. The van der Waals surface area contributed by atoms with Gasteiger partial charge in [0.2, 0.25) is 0 Å². The molecule has 0 radical (unpaired) electrons. The Morgan fingerprint density at radius 2 is 2.07 bits per heavy atom. The molecule has 0 amide bonds. The molecule has 0 aromatic heterocycles. The Labute approximate surface area is 95.4 Å². The third-order valence-corrected chi connectivity index (χ3v) is 3.56. The highest BCUT2D eigenvalue weighted by molar-refractivity contribution is 4.81. The van der Waals surface area contributed by atoms with E-state index in [-0.39, 0.29) is 0 Å². The summed E-state index contributed by atoms with van der Waals surface area (Å²) in [4.78, 5) is 2.71. The molecule has 2 heteroatoms. The van der Waals surface area contributed by atoms with Crippen LogP contribution in [-0.2, 0) is 0 Å². The van der Waals surface area contributed by atoms with Gasteiger partial charge in [0.1, 0.15) is 0 Å². The number of unbranched alkanes of at least 4 members (excludes halogenated alkanes) is 2. The van der Waals surface area contributed by atoms with Crippen molar-refractivity contribution in [3.8, 4) is 0 Å². The molecule has 1 unspecified atom stereocenters. The molecule has 1 N–H and O–H groups in total. The Bertz CT molecular complexity index is 157. The van der Waals surface area contributed by atoms with Crippen LogP contribution in [0.4, 0.5) is 0 Å². The van der Waals surface area contributed by atoms with Gasteiger partial charge in [0.05, 0.1) is 0 Å². The number of rotatable bonds is 7. The Kier molecular flexibility index (Phi) is 6.26. The van der Waals surface area contributed by atoms with Crippen LogP contribution in [-0.4, -0.2) is 37.6 Å². The monoisotopic (exact) mass is 212 g/mol. The van der Waals surface area contributed by atoms with E-state index in [1.54, 1.807) is 0 Å². The minimum Gasteiger partial charge on any atom is -0.320 e. The maximum atomic E-state index is 3.21. The summed E-state index contributed by atoms with van der Waals surface area (Å²) in [7, 11) is 2.04.